The maximum Gasteiger partial charge on any atom is 0.252 e. The van der Waals surface area contributed by atoms with Crippen molar-refractivity contribution in [2.45, 2.75) is 12.6 Å². The Kier molecular flexibility index (Phi) is 5.35. The van der Waals surface area contributed by atoms with Crippen molar-refractivity contribution in [3.05, 3.63) is 64.2 Å². The van der Waals surface area contributed by atoms with Crippen LogP contribution < -0.4 is 20.3 Å². The number of fused-ring (bicyclic) bond motifs is 2. The second-order valence-corrected chi connectivity index (χ2v) is 7.47. The van der Waals surface area contributed by atoms with Gasteiger partial charge in [-0.2, -0.15) is 0 Å². The number of rotatable bonds is 6. The van der Waals surface area contributed by atoms with Crippen molar-refractivity contribution in [3.8, 4) is 11.5 Å². The van der Waals surface area contributed by atoms with E-state index in [-0.39, 0.29) is 18.4 Å². The summed E-state index contributed by atoms with van der Waals surface area (Å²) in [5.74, 6) is 1.36. The van der Waals surface area contributed by atoms with E-state index in [0.717, 1.165) is 42.9 Å². The first-order chi connectivity index (χ1) is 14.8. The lowest BCUT2D eigenvalue weighted by atomic mass is 10.1. The molecule has 0 bridgehead atoms. The number of H-pyrrole nitrogens is 1. The Bertz CT molecular complexity index is 1080. The normalized spacial score (nSPS) is 17.3. The monoisotopic (exact) mass is 408 g/mol. The number of hydrogen-bond donors (Lipinski definition) is 2. The second kappa shape index (κ2) is 8.43. The molecule has 2 N–H and O–H groups in total. The summed E-state index contributed by atoms with van der Waals surface area (Å²) in [6.45, 7) is 4.55. The van der Waals surface area contributed by atoms with Gasteiger partial charge >= 0.3 is 0 Å². The number of hydrogen-bond acceptors (Lipinski definition) is 7. The number of benzene rings is 1. The number of ether oxygens (including phenoxy) is 3. The molecule has 0 spiro atoms. The third kappa shape index (κ3) is 3.89. The van der Waals surface area contributed by atoms with Crippen LogP contribution in [0.3, 0.4) is 0 Å². The van der Waals surface area contributed by atoms with E-state index in [1.165, 1.54) is 0 Å². The molecule has 0 aliphatic carbocycles. The van der Waals surface area contributed by atoms with E-state index < -0.39 is 0 Å². The number of pyridine rings is 2. The molecule has 4 heterocycles. The van der Waals surface area contributed by atoms with Crippen molar-refractivity contribution in [3.63, 3.8) is 0 Å². The molecule has 1 aromatic carbocycles. The summed E-state index contributed by atoms with van der Waals surface area (Å²) in [5.41, 5.74) is 2.34. The molecule has 8 nitrogen and oxygen atoms in total. The number of nitrogens with zero attached hydrogens (tertiary/aromatic N) is 2. The van der Waals surface area contributed by atoms with Crippen molar-refractivity contribution >= 4 is 10.9 Å². The molecule has 3 aromatic rings. The minimum atomic E-state index is -0.102. The first-order valence-electron chi connectivity index (χ1n) is 10.2. The fourth-order valence-electron chi connectivity index (χ4n) is 4.00. The summed E-state index contributed by atoms with van der Waals surface area (Å²) in [6, 6.07) is 11.7. The van der Waals surface area contributed by atoms with Crippen molar-refractivity contribution < 1.29 is 14.2 Å². The number of nitrogens with one attached hydrogen (secondary N) is 2. The van der Waals surface area contributed by atoms with Gasteiger partial charge in [-0.25, -0.2) is 0 Å². The summed E-state index contributed by atoms with van der Waals surface area (Å²) in [4.78, 5) is 22.5. The van der Waals surface area contributed by atoms with Crippen LogP contribution in [0.15, 0.2) is 47.4 Å². The van der Waals surface area contributed by atoms with Gasteiger partial charge in [0.2, 0.25) is 6.79 Å². The Labute approximate surface area is 173 Å². The predicted molar refractivity (Wildman–Crippen MR) is 112 cm³/mol. The zero-order valence-electron chi connectivity index (χ0n) is 16.6. The summed E-state index contributed by atoms with van der Waals surface area (Å²) in [6.07, 6.45) is 1.82. The van der Waals surface area contributed by atoms with Gasteiger partial charge in [-0.15, -0.1) is 0 Å². The summed E-state index contributed by atoms with van der Waals surface area (Å²) in [5, 5.41) is 4.38. The third-order valence-corrected chi connectivity index (χ3v) is 5.58. The van der Waals surface area contributed by atoms with E-state index in [1.807, 2.05) is 42.6 Å². The molecule has 8 heteroatoms. The zero-order chi connectivity index (χ0) is 20.3. The smallest absolute Gasteiger partial charge is 0.252 e. The van der Waals surface area contributed by atoms with Gasteiger partial charge in [-0.05, 0) is 24.3 Å². The zero-order valence-corrected chi connectivity index (χ0v) is 16.6. The van der Waals surface area contributed by atoms with E-state index >= 15 is 0 Å². The lowest BCUT2D eigenvalue weighted by Gasteiger charge is -2.34. The fourth-order valence-corrected chi connectivity index (χ4v) is 4.00. The highest BCUT2D eigenvalue weighted by molar-refractivity contribution is 5.83. The van der Waals surface area contributed by atoms with E-state index in [1.54, 1.807) is 0 Å². The Morgan fingerprint density at radius 1 is 1.13 bits per heavy atom. The topological polar surface area (TPSA) is 88.7 Å². The maximum atomic E-state index is 12.6. The van der Waals surface area contributed by atoms with E-state index in [4.69, 9.17) is 14.2 Å². The lowest BCUT2D eigenvalue weighted by Crippen LogP contribution is -2.43. The summed E-state index contributed by atoms with van der Waals surface area (Å²) in [7, 11) is 0. The maximum absolute atomic E-state index is 12.6. The minimum Gasteiger partial charge on any atom is -0.454 e. The predicted octanol–water partition coefficient (Wildman–Crippen LogP) is 1.81. The van der Waals surface area contributed by atoms with Gasteiger partial charge in [0.05, 0.1) is 30.5 Å². The van der Waals surface area contributed by atoms with Gasteiger partial charge in [-0.3, -0.25) is 14.7 Å². The first-order valence-corrected chi connectivity index (χ1v) is 10.2. The van der Waals surface area contributed by atoms with Crippen LogP contribution in [0.5, 0.6) is 11.5 Å². The lowest BCUT2D eigenvalue weighted by molar-refractivity contribution is 0.0152. The van der Waals surface area contributed by atoms with Gasteiger partial charge < -0.3 is 24.5 Å². The molecule has 5 rings (SSSR count). The summed E-state index contributed by atoms with van der Waals surface area (Å²) < 4.78 is 16.3. The van der Waals surface area contributed by atoms with Gasteiger partial charge in [0.25, 0.3) is 5.56 Å². The number of morpholine rings is 1. The Morgan fingerprint density at radius 3 is 2.77 bits per heavy atom. The van der Waals surface area contributed by atoms with Crippen LogP contribution in [-0.2, 0) is 11.3 Å². The quantitative estimate of drug-likeness (QED) is 0.643. The van der Waals surface area contributed by atoms with Crippen LogP contribution in [0.1, 0.15) is 17.3 Å². The molecular formula is C22H24N4O4. The molecule has 2 aliphatic rings. The summed E-state index contributed by atoms with van der Waals surface area (Å²) >= 11 is 0. The molecule has 2 aromatic heterocycles. The van der Waals surface area contributed by atoms with Crippen LogP contribution in [-0.4, -0.2) is 54.5 Å². The highest BCUT2D eigenvalue weighted by atomic mass is 16.7. The van der Waals surface area contributed by atoms with Crippen LogP contribution in [0, 0.1) is 0 Å². The fraction of sp³-hybridized carbons (Fsp3) is 0.364. The largest absolute Gasteiger partial charge is 0.454 e. The second-order valence-electron chi connectivity index (χ2n) is 7.47. The molecular weight excluding hydrogens is 384 g/mol. The van der Waals surface area contributed by atoms with E-state index in [2.05, 4.69) is 20.2 Å². The first kappa shape index (κ1) is 19.0. The molecule has 1 saturated heterocycles. The van der Waals surface area contributed by atoms with Crippen LogP contribution >= 0.6 is 0 Å². The third-order valence-electron chi connectivity index (χ3n) is 5.58. The van der Waals surface area contributed by atoms with E-state index in [9.17, 15) is 4.79 Å². The number of aromatic nitrogens is 2. The minimum absolute atomic E-state index is 0.102. The van der Waals surface area contributed by atoms with Crippen molar-refractivity contribution in [2.75, 3.05) is 39.6 Å². The average Bonchev–Trinajstić information content (AvgIpc) is 3.24. The Balaban J connectivity index is 1.33. The number of aromatic amines is 1. The van der Waals surface area contributed by atoms with Gasteiger partial charge in [0, 0.05) is 49.4 Å². The van der Waals surface area contributed by atoms with Crippen molar-refractivity contribution in [1.29, 1.82) is 0 Å². The van der Waals surface area contributed by atoms with E-state index in [0.29, 0.717) is 30.2 Å². The van der Waals surface area contributed by atoms with Crippen LogP contribution in [0.4, 0.5) is 0 Å². The van der Waals surface area contributed by atoms with Gasteiger partial charge in [-0.1, -0.05) is 6.07 Å². The highest BCUT2D eigenvalue weighted by Gasteiger charge is 2.23. The molecule has 1 unspecified atom stereocenters. The molecule has 1 atom stereocenters. The van der Waals surface area contributed by atoms with Gasteiger partial charge in [0.15, 0.2) is 11.5 Å². The molecule has 156 valence electrons. The van der Waals surface area contributed by atoms with Gasteiger partial charge in [0.1, 0.15) is 0 Å². The standard InChI is InChI=1S/C22H24N4O4/c27-22-16(9-15-10-20-21(30-14-29-20)11-18(15)25-22)12-23-13-19(17-3-1-2-4-24-17)26-5-7-28-8-6-26/h1-4,9-11,19,23H,5-8,12-14H2,(H,25,27). The molecule has 0 saturated carbocycles. The van der Waals surface area contributed by atoms with Crippen molar-refractivity contribution in [1.82, 2.24) is 20.2 Å². The SMILES string of the molecule is O=c1[nH]c2cc3c(cc2cc1CNCC(c1ccccn1)N1CCOCC1)OCO3. The van der Waals surface area contributed by atoms with Crippen LogP contribution in [0.25, 0.3) is 10.9 Å². The Morgan fingerprint density at radius 2 is 1.97 bits per heavy atom. The highest BCUT2D eigenvalue weighted by Crippen LogP contribution is 2.35. The molecule has 0 amide bonds. The molecule has 0 radical (unpaired) electrons. The molecule has 2 aliphatic heterocycles. The van der Waals surface area contributed by atoms with Crippen LogP contribution in [0.2, 0.25) is 0 Å². The molecule has 1 fully saturated rings. The Hall–Kier alpha value is -2.94. The van der Waals surface area contributed by atoms with Crippen molar-refractivity contribution in [2.24, 2.45) is 0 Å². The average molecular weight is 408 g/mol. The molecule has 30 heavy (non-hydrogen) atoms.